The highest BCUT2D eigenvalue weighted by molar-refractivity contribution is 7.76. The Kier molecular flexibility index (Phi) is 20.2. The highest BCUT2D eigenvalue weighted by Crippen LogP contribution is 2.18. The van der Waals surface area contributed by atoms with Crippen LogP contribution in [0.4, 0.5) is 0 Å². The zero-order valence-corrected chi connectivity index (χ0v) is 21.0. The average Bonchev–Trinajstić information content (AvgIpc) is 3.60. The quantitative estimate of drug-likeness (QED) is 0.459. The SMILES string of the molecule is C.C=CC1CCN(S(=O)[O-])CC1.C=CC1CCNC1.C=CC1CCOC1.C=CN1CCOCC1. The maximum atomic E-state index is 10.4. The number of allylic oxidation sites excluding steroid dienone is 1. The lowest BCUT2D eigenvalue weighted by Gasteiger charge is -2.31. The van der Waals surface area contributed by atoms with Crippen molar-refractivity contribution in [3.05, 3.63) is 50.7 Å². The van der Waals surface area contributed by atoms with Gasteiger partial charge in [0.25, 0.3) is 0 Å². The second-order valence-corrected chi connectivity index (χ2v) is 9.35. The van der Waals surface area contributed by atoms with E-state index in [0.717, 1.165) is 64.8 Å². The van der Waals surface area contributed by atoms with Crippen molar-refractivity contribution >= 4 is 11.3 Å². The lowest BCUT2D eigenvalue weighted by molar-refractivity contribution is 0.0596. The van der Waals surface area contributed by atoms with Gasteiger partial charge >= 0.3 is 0 Å². The Hall–Kier alpha value is -1.29. The van der Waals surface area contributed by atoms with Crippen LogP contribution in [0.25, 0.3) is 0 Å². The van der Waals surface area contributed by atoms with E-state index in [4.69, 9.17) is 9.47 Å². The third-order valence-corrected chi connectivity index (χ3v) is 6.86. The van der Waals surface area contributed by atoms with Crippen molar-refractivity contribution in [2.24, 2.45) is 17.8 Å². The number of hydrogen-bond donors (Lipinski definition) is 1. The Morgan fingerprint density at radius 3 is 1.76 bits per heavy atom. The molecule has 4 saturated heterocycles. The molecule has 3 unspecified atom stereocenters. The summed E-state index contributed by atoms with van der Waals surface area (Å²) in [7, 11) is 0. The first kappa shape index (κ1) is 32.7. The van der Waals surface area contributed by atoms with Crippen molar-refractivity contribution in [3.63, 3.8) is 0 Å². The van der Waals surface area contributed by atoms with E-state index in [-0.39, 0.29) is 7.43 Å². The molecule has 198 valence electrons. The van der Waals surface area contributed by atoms with Gasteiger partial charge < -0.3 is 24.2 Å². The number of hydrogen-bond acceptors (Lipinski definition) is 6. The van der Waals surface area contributed by atoms with Crippen LogP contribution in [0.15, 0.2) is 50.7 Å². The third-order valence-electron chi connectivity index (χ3n) is 6.08. The van der Waals surface area contributed by atoms with Crippen LogP contribution in [-0.2, 0) is 20.7 Å². The van der Waals surface area contributed by atoms with Crippen LogP contribution in [0.5, 0.6) is 0 Å². The number of ether oxygens (including phenoxy) is 2. The molecule has 0 bridgehead atoms. The molecular weight excluding hydrogens is 450 g/mol. The summed E-state index contributed by atoms with van der Waals surface area (Å²) in [5.74, 6) is 1.90. The van der Waals surface area contributed by atoms with Crippen LogP contribution in [-0.4, -0.2) is 83.7 Å². The van der Waals surface area contributed by atoms with E-state index in [1.165, 1.54) is 23.7 Å². The van der Waals surface area contributed by atoms with Gasteiger partial charge in [0.2, 0.25) is 0 Å². The van der Waals surface area contributed by atoms with E-state index < -0.39 is 11.3 Å². The maximum Gasteiger partial charge on any atom is 0.0642 e. The smallest absolute Gasteiger partial charge is 0.0642 e. The van der Waals surface area contributed by atoms with E-state index >= 15 is 0 Å². The second-order valence-electron chi connectivity index (χ2n) is 8.40. The average molecular weight is 499 g/mol. The molecule has 4 rings (SSSR count). The zero-order chi connectivity index (χ0) is 24.3. The Morgan fingerprint density at radius 2 is 1.44 bits per heavy atom. The van der Waals surface area contributed by atoms with Crippen molar-refractivity contribution in [1.82, 2.24) is 14.5 Å². The van der Waals surface area contributed by atoms with Gasteiger partial charge in [-0.05, 0) is 50.3 Å². The normalized spacial score (nSPS) is 25.5. The minimum absolute atomic E-state index is 0. The van der Waals surface area contributed by atoms with Crippen LogP contribution in [0.2, 0.25) is 0 Å². The fourth-order valence-electron chi connectivity index (χ4n) is 3.64. The third kappa shape index (κ3) is 14.9. The van der Waals surface area contributed by atoms with Gasteiger partial charge in [-0.1, -0.05) is 32.2 Å². The van der Waals surface area contributed by atoms with E-state index in [1.54, 1.807) is 0 Å². The number of nitrogens with one attached hydrogen (secondary N) is 1. The van der Waals surface area contributed by atoms with E-state index in [2.05, 4.69) is 36.5 Å². The molecule has 0 aromatic rings. The molecule has 4 heterocycles. The van der Waals surface area contributed by atoms with Crippen LogP contribution < -0.4 is 5.32 Å². The van der Waals surface area contributed by atoms with Crippen molar-refractivity contribution in [1.29, 1.82) is 0 Å². The highest BCUT2D eigenvalue weighted by atomic mass is 32.2. The van der Waals surface area contributed by atoms with Gasteiger partial charge in [0.15, 0.2) is 0 Å². The van der Waals surface area contributed by atoms with Gasteiger partial charge in [0.05, 0.1) is 19.8 Å². The summed E-state index contributed by atoms with van der Waals surface area (Å²) in [6.07, 6.45) is 12.0. The number of morpholine rings is 1. The molecule has 0 spiro atoms. The molecule has 34 heavy (non-hydrogen) atoms. The molecule has 8 heteroatoms. The summed E-state index contributed by atoms with van der Waals surface area (Å²) < 4.78 is 32.5. The molecule has 0 aromatic carbocycles. The Morgan fingerprint density at radius 1 is 0.824 bits per heavy atom. The lowest BCUT2D eigenvalue weighted by Crippen LogP contribution is -2.34. The van der Waals surface area contributed by atoms with Gasteiger partial charge in [0.1, 0.15) is 0 Å². The Balaban J connectivity index is 0.000000430. The first-order chi connectivity index (χ1) is 16.0. The van der Waals surface area contributed by atoms with E-state index in [0.29, 0.717) is 24.9 Å². The summed E-state index contributed by atoms with van der Waals surface area (Å²) >= 11 is -2.02. The monoisotopic (exact) mass is 498 g/mol. The van der Waals surface area contributed by atoms with Crippen LogP contribution in [0, 0.1) is 17.8 Å². The van der Waals surface area contributed by atoms with Crippen molar-refractivity contribution in [2.75, 3.05) is 65.7 Å². The molecule has 0 aliphatic carbocycles. The molecule has 4 aliphatic rings. The largest absolute Gasteiger partial charge is 0.760 e. The Bertz CT molecular complexity index is 544. The molecular formula is C26H48N3O4S-. The first-order valence-electron chi connectivity index (χ1n) is 12.0. The van der Waals surface area contributed by atoms with Crippen molar-refractivity contribution < 1.29 is 18.2 Å². The van der Waals surface area contributed by atoms with Gasteiger partial charge in [0, 0.05) is 56.5 Å². The highest BCUT2D eigenvalue weighted by Gasteiger charge is 2.16. The number of rotatable bonds is 5. The maximum absolute atomic E-state index is 10.4. The second kappa shape index (κ2) is 21.0. The minimum Gasteiger partial charge on any atom is -0.760 e. The lowest BCUT2D eigenvalue weighted by atomic mass is 9.99. The Labute approximate surface area is 211 Å². The molecule has 4 aliphatic heterocycles. The van der Waals surface area contributed by atoms with Crippen LogP contribution in [0.3, 0.4) is 0 Å². The van der Waals surface area contributed by atoms with Gasteiger partial charge in [-0.3, -0.25) is 4.21 Å². The molecule has 1 N–H and O–H groups in total. The standard InChI is InChI=1S/C7H13NO2S.C6H11NO.C6H11N.C6H10O.CH4/c1-2-7-3-5-8(6-4-7)11(9)10;1-2-7-3-5-8-6-4-7;2*1-2-6-3-4-7-5-6;/h2,7H,1,3-6H2,(H,9,10);2H,1,3-6H2;2,6-7H,1,3-5H2;2,6H,1,3-5H2;1H4/p-1. The summed E-state index contributed by atoms with van der Waals surface area (Å²) in [5, 5.41) is 3.25. The molecule has 7 nitrogen and oxygen atoms in total. The summed E-state index contributed by atoms with van der Waals surface area (Å²) in [5.41, 5.74) is 0. The topological polar surface area (TPSA) is 77.1 Å². The minimum atomic E-state index is -2.02. The number of piperidine rings is 1. The van der Waals surface area contributed by atoms with Crippen LogP contribution in [0.1, 0.15) is 33.1 Å². The molecule has 4 fully saturated rings. The summed E-state index contributed by atoms with van der Waals surface area (Å²) in [4.78, 5) is 2.16. The van der Waals surface area contributed by atoms with Crippen molar-refractivity contribution in [2.45, 2.75) is 33.1 Å². The molecule has 0 saturated carbocycles. The van der Waals surface area contributed by atoms with Crippen LogP contribution >= 0.6 is 0 Å². The molecule has 0 amide bonds. The predicted molar refractivity (Wildman–Crippen MR) is 143 cm³/mol. The van der Waals surface area contributed by atoms with E-state index in [9.17, 15) is 8.76 Å². The fourth-order valence-corrected chi connectivity index (χ4v) is 4.15. The first-order valence-corrected chi connectivity index (χ1v) is 13.0. The molecule has 0 radical (unpaired) electrons. The fraction of sp³-hybridized carbons (Fsp3) is 0.692. The summed E-state index contributed by atoms with van der Waals surface area (Å²) in [6, 6.07) is 0. The predicted octanol–water partition coefficient (Wildman–Crippen LogP) is 3.77. The summed E-state index contributed by atoms with van der Waals surface area (Å²) in [6.45, 7) is 23.8. The van der Waals surface area contributed by atoms with Gasteiger partial charge in [-0.15, -0.1) is 19.7 Å². The number of nitrogens with zero attached hydrogens (tertiary/aromatic N) is 2. The van der Waals surface area contributed by atoms with Gasteiger partial charge in [-0.25, -0.2) is 4.31 Å². The van der Waals surface area contributed by atoms with Crippen molar-refractivity contribution in [3.8, 4) is 0 Å². The molecule has 3 atom stereocenters. The zero-order valence-electron chi connectivity index (χ0n) is 20.2. The van der Waals surface area contributed by atoms with E-state index in [1.807, 2.05) is 24.4 Å². The molecule has 0 aromatic heterocycles. The van der Waals surface area contributed by atoms with Gasteiger partial charge in [-0.2, -0.15) is 0 Å².